The number of rotatable bonds is 17. The van der Waals surface area contributed by atoms with Crippen molar-refractivity contribution in [3.63, 3.8) is 0 Å². The molecule has 1 saturated carbocycles. The van der Waals surface area contributed by atoms with Gasteiger partial charge in [0.2, 0.25) is 0 Å². The summed E-state index contributed by atoms with van der Waals surface area (Å²) in [5, 5.41) is 29.8. The minimum Gasteiger partial charge on any atom is -0.392 e. The van der Waals surface area contributed by atoms with Gasteiger partial charge in [-0.25, -0.2) is 0 Å². The van der Waals surface area contributed by atoms with Crippen molar-refractivity contribution >= 4 is 11.6 Å². The summed E-state index contributed by atoms with van der Waals surface area (Å²) in [5.74, 6) is -0.284. The molecule has 0 spiro atoms. The Bertz CT molecular complexity index is 556. The number of allylic oxidation sites excluding steroid dienone is 1. The molecule has 1 rings (SSSR count). The number of hydrogen-bond acceptors (Lipinski definition) is 5. The van der Waals surface area contributed by atoms with Gasteiger partial charge in [0.1, 0.15) is 12.4 Å². The zero-order valence-electron chi connectivity index (χ0n) is 18.7. The summed E-state index contributed by atoms with van der Waals surface area (Å²) in [6.07, 6.45) is 15.0. The zero-order valence-corrected chi connectivity index (χ0v) is 18.7. The van der Waals surface area contributed by atoms with E-state index in [-0.39, 0.29) is 29.8 Å². The Balaban J connectivity index is 2.42. The summed E-state index contributed by atoms with van der Waals surface area (Å²) in [7, 11) is 0. The Kier molecular flexibility index (Phi) is 13.1. The fourth-order valence-corrected chi connectivity index (χ4v) is 4.51. The van der Waals surface area contributed by atoms with Crippen LogP contribution in [-0.4, -0.2) is 45.2 Å². The molecule has 0 saturated heterocycles. The number of carbonyl (C=O) groups excluding carboxylic acids is 2. The van der Waals surface area contributed by atoms with E-state index in [4.69, 9.17) is 5.11 Å². The first kappa shape index (κ1) is 26.7. The smallest absolute Gasteiger partial charge is 0.180 e. The molecule has 0 amide bonds. The topological polar surface area (TPSA) is 94.8 Å². The second kappa shape index (κ2) is 14.7. The highest BCUT2D eigenvalue weighted by atomic mass is 16.3. The maximum Gasteiger partial charge on any atom is 0.180 e. The molecular formula is C25H42O5. The molecule has 0 aromatic rings. The highest BCUT2D eigenvalue weighted by Crippen LogP contribution is 2.37. The number of unbranched alkanes of at least 4 members (excludes halogenated alkanes) is 5. The van der Waals surface area contributed by atoms with Crippen molar-refractivity contribution in [2.75, 3.05) is 6.61 Å². The lowest BCUT2D eigenvalue weighted by Crippen LogP contribution is -2.27. The van der Waals surface area contributed by atoms with Crippen molar-refractivity contribution in [3.05, 3.63) is 24.8 Å². The monoisotopic (exact) mass is 422 g/mol. The quantitative estimate of drug-likeness (QED) is 0.185. The van der Waals surface area contributed by atoms with E-state index in [1.807, 2.05) is 0 Å². The Morgan fingerprint density at radius 1 is 1.13 bits per heavy atom. The molecule has 5 nitrogen and oxygen atoms in total. The third-order valence-corrected chi connectivity index (χ3v) is 6.42. The van der Waals surface area contributed by atoms with Crippen molar-refractivity contribution in [2.24, 2.45) is 11.8 Å². The van der Waals surface area contributed by atoms with E-state index in [9.17, 15) is 19.8 Å². The summed E-state index contributed by atoms with van der Waals surface area (Å²) < 4.78 is 0. The first-order valence-corrected chi connectivity index (χ1v) is 11.7. The predicted octanol–water partition coefficient (Wildman–Crippen LogP) is 4.29. The Morgan fingerprint density at radius 3 is 2.53 bits per heavy atom. The van der Waals surface area contributed by atoms with Crippen LogP contribution in [0.2, 0.25) is 0 Å². The molecule has 0 bridgehead atoms. The van der Waals surface area contributed by atoms with Gasteiger partial charge in [-0.1, -0.05) is 51.2 Å². The molecule has 0 aromatic carbocycles. The summed E-state index contributed by atoms with van der Waals surface area (Å²) in [6, 6.07) is 0. The minimum atomic E-state index is -0.852. The number of aliphatic hydroxyl groups is 3. The van der Waals surface area contributed by atoms with Crippen LogP contribution in [0.3, 0.4) is 0 Å². The van der Waals surface area contributed by atoms with Gasteiger partial charge in [0, 0.05) is 12.3 Å². The Labute approximate surface area is 182 Å². The van der Waals surface area contributed by atoms with Gasteiger partial charge in [-0.05, 0) is 56.9 Å². The number of Topliss-reactive ketones (excluding diaryl/α,β-unsaturated/α-hetero) is 1. The van der Waals surface area contributed by atoms with Crippen LogP contribution < -0.4 is 0 Å². The average Bonchev–Trinajstić information content (AvgIpc) is 3.00. The molecule has 172 valence electrons. The van der Waals surface area contributed by atoms with Gasteiger partial charge in [0.15, 0.2) is 5.78 Å². The Hall–Kier alpha value is -1.30. The lowest BCUT2D eigenvalue weighted by atomic mass is 9.83. The summed E-state index contributed by atoms with van der Waals surface area (Å²) in [4.78, 5) is 23.4. The summed E-state index contributed by atoms with van der Waals surface area (Å²) in [6.45, 7) is 5.51. The molecular weight excluding hydrogens is 380 g/mol. The van der Waals surface area contributed by atoms with E-state index in [0.717, 1.165) is 57.8 Å². The van der Waals surface area contributed by atoms with Gasteiger partial charge >= 0.3 is 0 Å². The van der Waals surface area contributed by atoms with Crippen molar-refractivity contribution in [1.29, 1.82) is 0 Å². The molecule has 1 aliphatic carbocycles. The van der Waals surface area contributed by atoms with Gasteiger partial charge in [0.25, 0.3) is 0 Å². The van der Waals surface area contributed by atoms with E-state index in [0.29, 0.717) is 6.42 Å². The van der Waals surface area contributed by atoms with Gasteiger partial charge in [-0.2, -0.15) is 0 Å². The van der Waals surface area contributed by atoms with Crippen LogP contribution in [0.5, 0.6) is 0 Å². The van der Waals surface area contributed by atoms with Crippen LogP contribution in [0, 0.1) is 11.8 Å². The normalized spacial score (nSPS) is 23.7. The van der Waals surface area contributed by atoms with Gasteiger partial charge in [0.05, 0.1) is 11.7 Å². The zero-order chi connectivity index (χ0) is 22.4. The number of ketones is 2. The maximum absolute atomic E-state index is 12.4. The third-order valence-electron chi connectivity index (χ3n) is 6.42. The molecule has 3 N–H and O–H groups in total. The third kappa shape index (κ3) is 9.67. The molecule has 1 fully saturated rings. The second-order valence-corrected chi connectivity index (χ2v) is 8.83. The molecule has 5 heteroatoms. The summed E-state index contributed by atoms with van der Waals surface area (Å²) in [5.41, 5.74) is -0.852. The second-order valence-electron chi connectivity index (χ2n) is 8.83. The highest BCUT2D eigenvalue weighted by molar-refractivity contribution is 5.90. The van der Waals surface area contributed by atoms with Crippen molar-refractivity contribution < 1.29 is 24.9 Å². The van der Waals surface area contributed by atoms with Crippen LogP contribution in [-0.2, 0) is 9.59 Å². The van der Waals surface area contributed by atoms with Crippen LogP contribution in [0.1, 0.15) is 90.4 Å². The van der Waals surface area contributed by atoms with Crippen LogP contribution in [0.15, 0.2) is 24.8 Å². The van der Waals surface area contributed by atoms with Crippen LogP contribution in [0.25, 0.3) is 0 Å². The van der Waals surface area contributed by atoms with E-state index < -0.39 is 18.3 Å². The lowest BCUT2D eigenvalue weighted by molar-refractivity contribution is -0.121. The fraction of sp³-hybridized carbons (Fsp3) is 0.760. The molecule has 0 aromatic heterocycles. The van der Waals surface area contributed by atoms with E-state index in [2.05, 4.69) is 13.5 Å². The molecule has 4 atom stereocenters. The molecule has 0 aliphatic heterocycles. The molecule has 0 radical (unpaired) electrons. The fourth-order valence-electron chi connectivity index (χ4n) is 4.51. The standard InChI is InChI=1S/C25H42O5/c1-3-5-6-11-16-25(30,4-2)17-12-15-22-21(23(28)18-24(22)29)14-10-8-7-9-13-20(27)19-26/h4,9,13,21-22,24,26,29-30H,2-3,5-8,10-12,14-19H2,1H3/t21-,22-,24-,25?/m1/s1. The Morgan fingerprint density at radius 2 is 1.87 bits per heavy atom. The first-order chi connectivity index (χ1) is 14.4. The SMILES string of the molecule is C=CC(O)(CCCCCC)CCC[C@H]1[C@H](O)CC(=O)[C@@H]1CCCCC=CC(=O)CO. The molecule has 30 heavy (non-hydrogen) atoms. The van der Waals surface area contributed by atoms with Crippen molar-refractivity contribution in [1.82, 2.24) is 0 Å². The first-order valence-electron chi connectivity index (χ1n) is 11.7. The number of aliphatic hydroxyl groups excluding tert-OH is 2. The molecule has 1 aliphatic rings. The highest BCUT2D eigenvalue weighted by Gasteiger charge is 2.40. The summed E-state index contributed by atoms with van der Waals surface area (Å²) >= 11 is 0. The average molecular weight is 423 g/mol. The van der Waals surface area contributed by atoms with Crippen molar-refractivity contribution in [2.45, 2.75) is 102 Å². The van der Waals surface area contributed by atoms with Gasteiger partial charge in [-0.3, -0.25) is 9.59 Å². The predicted molar refractivity (Wildman–Crippen MR) is 120 cm³/mol. The molecule has 1 unspecified atom stereocenters. The van der Waals surface area contributed by atoms with Gasteiger partial charge < -0.3 is 15.3 Å². The van der Waals surface area contributed by atoms with E-state index >= 15 is 0 Å². The lowest BCUT2D eigenvalue weighted by Gasteiger charge is -2.26. The largest absolute Gasteiger partial charge is 0.392 e. The van der Waals surface area contributed by atoms with E-state index in [1.165, 1.54) is 18.9 Å². The maximum atomic E-state index is 12.4. The van der Waals surface area contributed by atoms with Crippen LogP contribution >= 0.6 is 0 Å². The van der Waals surface area contributed by atoms with Crippen molar-refractivity contribution in [3.8, 4) is 0 Å². The number of carbonyl (C=O) groups is 2. The molecule has 0 heterocycles. The minimum absolute atomic E-state index is 0.0295. The number of hydrogen-bond donors (Lipinski definition) is 3. The van der Waals surface area contributed by atoms with Gasteiger partial charge in [-0.15, -0.1) is 6.58 Å². The van der Waals surface area contributed by atoms with E-state index in [1.54, 1.807) is 12.2 Å². The van der Waals surface area contributed by atoms with Crippen LogP contribution in [0.4, 0.5) is 0 Å².